The van der Waals surface area contributed by atoms with E-state index in [2.05, 4.69) is 4.98 Å². The second-order valence-corrected chi connectivity index (χ2v) is 5.77. The summed E-state index contributed by atoms with van der Waals surface area (Å²) in [5.41, 5.74) is -0.000397. The standard InChI is InChI=1S/C17H15F3N2O3/c1-22-8-11(10-5-3-2-4-6-10)15-12(17(18,19)20)7-13(21-16(15)22)25-9-14(23)24/h2-7,11H,8-9H2,1H3,(H,23,24). The summed E-state index contributed by atoms with van der Waals surface area (Å²) in [6.45, 7) is -0.410. The molecular formula is C17H15F3N2O3. The van der Waals surface area contributed by atoms with Crippen molar-refractivity contribution in [3.8, 4) is 5.88 Å². The van der Waals surface area contributed by atoms with Gasteiger partial charge in [0.05, 0.1) is 5.56 Å². The molecular weight excluding hydrogens is 337 g/mol. The molecule has 0 radical (unpaired) electrons. The number of benzene rings is 1. The number of hydrogen-bond donors (Lipinski definition) is 1. The molecule has 132 valence electrons. The lowest BCUT2D eigenvalue weighted by atomic mass is 9.91. The van der Waals surface area contributed by atoms with E-state index in [1.165, 1.54) is 0 Å². The molecule has 0 aliphatic carbocycles. The number of anilines is 1. The molecule has 0 saturated carbocycles. The van der Waals surface area contributed by atoms with Crippen molar-refractivity contribution in [2.24, 2.45) is 0 Å². The molecule has 2 heterocycles. The number of pyridine rings is 1. The molecule has 1 N–H and O–H groups in total. The number of aliphatic carboxylic acids is 1. The zero-order valence-electron chi connectivity index (χ0n) is 13.2. The van der Waals surface area contributed by atoms with Crippen LogP contribution >= 0.6 is 0 Å². The van der Waals surface area contributed by atoms with E-state index in [9.17, 15) is 18.0 Å². The Balaban J connectivity index is 2.12. The summed E-state index contributed by atoms with van der Waals surface area (Å²) in [7, 11) is 1.65. The van der Waals surface area contributed by atoms with Gasteiger partial charge in [-0.05, 0) is 5.56 Å². The first-order chi connectivity index (χ1) is 11.8. The van der Waals surface area contributed by atoms with Crippen LogP contribution in [0.25, 0.3) is 0 Å². The van der Waals surface area contributed by atoms with Gasteiger partial charge < -0.3 is 14.7 Å². The summed E-state index contributed by atoms with van der Waals surface area (Å²) in [5, 5.41) is 8.65. The lowest BCUT2D eigenvalue weighted by molar-refractivity contribution is -0.139. The Morgan fingerprint density at radius 2 is 2.04 bits per heavy atom. The maximum atomic E-state index is 13.6. The van der Waals surface area contributed by atoms with Crippen LogP contribution in [0.5, 0.6) is 5.88 Å². The van der Waals surface area contributed by atoms with Gasteiger partial charge in [0.25, 0.3) is 0 Å². The number of carboxylic acids is 1. The van der Waals surface area contributed by atoms with E-state index in [0.29, 0.717) is 6.54 Å². The fraction of sp³-hybridized carbons (Fsp3) is 0.294. The third-order valence-electron chi connectivity index (χ3n) is 4.03. The van der Waals surface area contributed by atoms with E-state index < -0.39 is 30.2 Å². The van der Waals surface area contributed by atoms with Crippen LogP contribution in [-0.4, -0.2) is 36.3 Å². The summed E-state index contributed by atoms with van der Waals surface area (Å²) >= 11 is 0. The zero-order valence-corrected chi connectivity index (χ0v) is 13.2. The SMILES string of the molecule is CN1CC(c2ccccc2)c2c(C(F)(F)F)cc(OCC(=O)O)nc21. The molecule has 0 amide bonds. The highest BCUT2D eigenvalue weighted by molar-refractivity contribution is 5.68. The molecule has 25 heavy (non-hydrogen) atoms. The van der Waals surface area contributed by atoms with E-state index in [0.717, 1.165) is 11.6 Å². The molecule has 1 atom stereocenters. The summed E-state index contributed by atoms with van der Waals surface area (Å²) in [5.74, 6) is -1.96. The van der Waals surface area contributed by atoms with Gasteiger partial charge in [0.1, 0.15) is 5.82 Å². The molecule has 1 aliphatic heterocycles. The summed E-state index contributed by atoms with van der Waals surface area (Å²) in [6, 6.07) is 9.69. The Hall–Kier alpha value is -2.77. The third kappa shape index (κ3) is 3.38. The number of ether oxygens (including phenoxy) is 1. The van der Waals surface area contributed by atoms with Crippen LogP contribution < -0.4 is 9.64 Å². The molecule has 0 saturated heterocycles. The monoisotopic (exact) mass is 352 g/mol. The van der Waals surface area contributed by atoms with Gasteiger partial charge in [-0.15, -0.1) is 0 Å². The van der Waals surface area contributed by atoms with Crippen molar-refractivity contribution >= 4 is 11.8 Å². The van der Waals surface area contributed by atoms with Crippen molar-refractivity contribution in [3.63, 3.8) is 0 Å². The van der Waals surface area contributed by atoms with Gasteiger partial charge in [-0.2, -0.15) is 18.2 Å². The molecule has 5 nitrogen and oxygen atoms in total. The van der Waals surface area contributed by atoms with Crippen molar-refractivity contribution in [1.82, 2.24) is 4.98 Å². The minimum atomic E-state index is -4.60. The number of rotatable bonds is 4. The average Bonchev–Trinajstić information content (AvgIpc) is 2.89. The molecule has 8 heteroatoms. The Morgan fingerprint density at radius 1 is 1.36 bits per heavy atom. The molecule has 0 bridgehead atoms. The van der Waals surface area contributed by atoms with Crippen molar-refractivity contribution in [3.05, 3.63) is 53.1 Å². The van der Waals surface area contributed by atoms with Crippen molar-refractivity contribution in [1.29, 1.82) is 0 Å². The van der Waals surface area contributed by atoms with E-state index in [-0.39, 0.29) is 17.3 Å². The fourth-order valence-electron chi connectivity index (χ4n) is 3.01. The summed E-state index contributed by atoms with van der Waals surface area (Å²) < 4.78 is 45.7. The Labute approximate surface area is 141 Å². The number of halogens is 3. The van der Waals surface area contributed by atoms with E-state index in [1.54, 1.807) is 42.3 Å². The predicted octanol–water partition coefficient (Wildman–Crippen LogP) is 3.15. The van der Waals surface area contributed by atoms with Crippen molar-refractivity contribution in [2.75, 3.05) is 25.1 Å². The smallest absolute Gasteiger partial charge is 0.417 e. The minimum Gasteiger partial charge on any atom is -0.479 e. The highest BCUT2D eigenvalue weighted by Gasteiger charge is 2.42. The van der Waals surface area contributed by atoms with Crippen LogP contribution in [0.2, 0.25) is 0 Å². The van der Waals surface area contributed by atoms with Gasteiger partial charge in [0, 0.05) is 31.1 Å². The normalized spacial score (nSPS) is 16.6. The number of carbonyl (C=O) groups is 1. The average molecular weight is 352 g/mol. The Kier molecular flexibility index (Phi) is 4.28. The molecule has 1 aromatic carbocycles. The van der Waals surface area contributed by atoms with Gasteiger partial charge in [0.15, 0.2) is 6.61 Å². The fourth-order valence-corrected chi connectivity index (χ4v) is 3.01. The minimum absolute atomic E-state index is 0.0869. The van der Waals surface area contributed by atoms with Crippen LogP contribution in [0, 0.1) is 0 Å². The van der Waals surface area contributed by atoms with E-state index >= 15 is 0 Å². The van der Waals surface area contributed by atoms with E-state index in [4.69, 9.17) is 9.84 Å². The molecule has 1 unspecified atom stereocenters. The lowest BCUT2D eigenvalue weighted by Crippen LogP contribution is -2.17. The second kappa shape index (κ2) is 6.27. The van der Waals surface area contributed by atoms with Gasteiger partial charge in [-0.3, -0.25) is 0 Å². The highest BCUT2D eigenvalue weighted by atomic mass is 19.4. The van der Waals surface area contributed by atoms with Crippen LogP contribution in [-0.2, 0) is 11.0 Å². The van der Waals surface area contributed by atoms with Crippen molar-refractivity contribution < 1.29 is 27.8 Å². The Bertz CT molecular complexity index is 794. The quantitative estimate of drug-likeness (QED) is 0.916. The van der Waals surface area contributed by atoms with Crippen LogP contribution in [0.15, 0.2) is 36.4 Å². The second-order valence-electron chi connectivity index (χ2n) is 5.77. The van der Waals surface area contributed by atoms with Crippen LogP contribution in [0.3, 0.4) is 0 Å². The van der Waals surface area contributed by atoms with Gasteiger partial charge >= 0.3 is 12.1 Å². The van der Waals surface area contributed by atoms with Crippen LogP contribution in [0.1, 0.15) is 22.6 Å². The topological polar surface area (TPSA) is 62.7 Å². The van der Waals surface area contributed by atoms with Crippen LogP contribution in [0.4, 0.5) is 19.0 Å². The van der Waals surface area contributed by atoms with Gasteiger partial charge in [0.2, 0.25) is 5.88 Å². The molecule has 2 aromatic rings. The lowest BCUT2D eigenvalue weighted by Gasteiger charge is -2.17. The van der Waals surface area contributed by atoms with E-state index in [1.807, 2.05) is 0 Å². The molecule has 0 spiro atoms. The van der Waals surface area contributed by atoms with Crippen molar-refractivity contribution in [2.45, 2.75) is 12.1 Å². The number of alkyl halides is 3. The number of carboxylic acid groups (broad SMARTS) is 1. The first kappa shape index (κ1) is 17.1. The number of hydrogen-bond acceptors (Lipinski definition) is 4. The molecule has 3 rings (SSSR count). The predicted molar refractivity (Wildman–Crippen MR) is 83.9 cm³/mol. The maximum absolute atomic E-state index is 13.6. The molecule has 1 aromatic heterocycles. The molecule has 0 fully saturated rings. The maximum Gasteiger partial charge on any atom is 0.417 e. The molecule has 1 aliphatic rings. The largest absolute Gasteiger partial charge is 0.479 e. The first-order valence-corrected chi connectivity index (χ1v) is 7.50. The third-order valence-corrected chi connectivity index (χ3v) is 4.03. The number of fused-ring (bicyclic) bond motifs is 1. The number of nitrogens with zero attached hydrogens (tertiary/aromatic N) is 2. The number of aromatic nitrogens is 1. The Morgan fingerprint density at radius 3 is 2.64 bits per heavy atom. The highest BCUT2D eigenvalue weighted by Crippen LogP contribution is 2.46. The summed E-state index contributed by atoms with van der Waals surface area (Å²) in [6.07, 6.45) is -4.60. The summed E-state index contributed by atoms with van der Waals surface area (Å²) in [4.78, 5) is 16.3. The zero-order chi connectivity index (χ0) is 18.2. The number of likely N-dealkylation sites (N-methyl/N-ethyl adjacent to an activating group) is 1. The van der Waals surface area contributed by atoms with Gasteiger partial charge in [-0.1, -0.05) is 30.3 Å². The first-order valence-electron chi connectivity index (χ1n) is 7.50. The van der Waals surface area contributed by atoms with Gasteiger partial charge in [-0.25, -0.2) is 4.79 Å².